The zero-order valence-electron chi connectivity index (χ0n) is 15.9. The number of benzene rings is 1. The van der Waals surface area contributed by atoms with Crippen LogP contribution in [0.5, 0.6) is 0 Å². The minimum Gasteiger partial charge on any atom is -0.472 e. The Morgan fingerprint density at radius 2 is 1.88 bits per heavy atom. The van der Waals surface area contributed by atoms with E-state index in [4.69, 9.17) is 4.42 Å². The largest absolute Gasteiger partial charge is 0.472 e. The molecule has 3 aromatic heterocycles. The fourth-order valence-electron chi connectivity index (χ4n) is 4.49. The van der Waals surface area contributed by atoms with E-state index in [2.05, 4.69) is 67.4 Å². The van der Waals surface area contributed by atoms with Crippen molar-refractivity contribution in [3.05, 3.63) is 48.2 Å². The molecule has 4 aromatic rings. The van der Waals surface area contributed by atoms with Crippen molar-refractivity contribution in [2.75, 3.05) is 0 Å². The molecule has 0 bridgehead atoms. The highest BCUT2D eigenvalue weighted by atomic mass is 16.3. The Balaban J connectivity index is 2.00. The summed E-state index contributed by atoms with van der Waals surface area (Å²) in [4.78, 5) is 9.29. The average Bonchev–Trinajstić information content (AvgIpc) is 3.16. The zero-order valence-corrected chi connectivity index (χ0v) is 15.9. The second kappa shape index (κ2) is 4.76. The standard InChI is InChI=1S/C22H23N3O/c1-21(2,3)9-13-7-6-8-14-17-20-18(24-12-23-17)15-10-26-11-16(15)22(4,5)25(20)19(13)14/h6-8,10-12H,9H2,1-5H3. The summed E-state index contributed by atoms with van der Waals surface area (Å²) < 4.78 is 8.02. The number of hydrogen-bond acceptors (Lipinski definition) is 3. The maximum Gasteiger partial charge on any atom is 0.116 e. The lowest BCUT2D eigenvalue weighted by Gasteiger charge is -2.33. The van der Waals surface area contributed by atoms with Gasteiger partial charge in [0.05, 0.1) is 22.8 Å². The number of rotatable bonds is 1. The predicted octanol–water partition coefficient (Wildman–Crippen LogP) is 5.53. The first-order valence-electron chi connectivity index (χ1n) is 9.13. The van der Waals surface area contributed by atoms with Crippen molar-refractivity contribution in [2.45, 2.75) is 46.6 Å². The molecule has 26 heavy (non-hydrogen) atoms. The molecule has 0 saturated carbocycles. The molecule has 5 rings (SSSR count). The second-order valence-electron chi connectivity index (χ2n) is 9.06. The van der Waals surface area contributed by atoms with Crippen LogP contribution >= 0.6 is 0 Å². The lowest BCUT2D eigenvalue weighted by atomic mass is 9.86. The highest BCUT2D eigenvalue weighted by molar-refractivity contribution is 6.12. The molecule has 1 aromatic carbocycles. The number of furan rings is 1. The molecule has 0 N–H and O–H groups in total. The number of aromatic nitrogens is 3. The van der Waals surface area contributed by atoms with E-state index in [1.807, 2.05) is 12.5 Å². The van der Waals surface area contributed by atoms with Crippen molar-refractivity contribution in [3.8, 4) is 11.3 Å². The molecule has 4 heterocycles. The topological polar surface area (TPSA) is 43.9 Å². The first kappa shape index (κ1) is 15.6. The Labute approximate surface area is 152 Å². The van der Waals surface area contributed by atoms with E-state index in [0.29, 0.717) is 0 Å². The van der Waals surface area contributed by atoms with E-state index >= 15 is 0 Å². The molecule has 0 saturated heterocycles. The first-order valence-corrected chi connectivity index (χ1v) is 9.13. The lowest BCUT2D eigenvalue weighted by Crippen LogP contribution is -2.31. The summed E-state index contributed by atoms with van der Waals surface area (Å²) in [6.07, 6.45) is 6.37. The third-order valence-corrected chi connectivity index (χ3v) is 5.50. The molecule has 0 atom stereocenters. The van der Waals surface area contributed by atoms with E-state index in [-0.39, 0.29) is 11.0 Å². The molecule has 0 unspecified atom stereocenters. The quantitative estimate of drug-likeness (QED) is 0.455. The van der Waals surface area contributed by atoms with Gasteiger partial charge in [-0.3, -0.25) is 0 Å². The van der Waals surface area contributed by atoms with E-state index in [1.165, 1.54) is 22.0 Å². The predicted molar refractivity (Wildman–Crippen MR) is 104 cm³/mol. The van der Waals surface area contributed by atoms with Crippen molar-refractivity contribution >= 4 is 21.9 Å². The summed E-state index contributed by atoms with van der Waals surface area (Å²) in [6, 6.07) is 6.60. The van der Waals surface area contributed by atoms with Crippen LogP contribution in [-0.2, 0) is 12.0 Å². The molecule has 1 aliphatic heterocycles. The normalized spacial score (nSPS) is 15.6. The molecule has 0 spiro atoms. The highest BCUT2D eigenvalue weighted by Crippen LogP contribution is 2.48. The highest BCUT2D eigenvalue weighted by Gasteiger charge is 2.38. The Bertz CT molecular complexity index is 1170. The number of para-hydroxylation sites is 1. The van der Waals surface area contributed by atoms with E-state index in [9.17, 15) is 0 Å². The van der Waals surface area contributed by atoms with E-state index in [1.54, 1.807) is 6.33 Å². The molecule has 4 nitrogen and oxygen atoms in total. The van der Waals surface area contributed by atoms with Gasteiger partial charge in [0.15, 0.2) is 0 Å². The van der Waals surface area contributed by atoms with Gasteiger partial charge in [-0.15, -0.1) is 0 Å². The van der Waals surface area contributed by atoms with Gasteiger partial charge in [-0.1, -0.05) is 39.0 Å². The lowest BCUT2D eigenvalue weighted by molar-refractivity contribution is 0.409. The van der Waals surface area contributed by atoms with Crippen LogP contribution in [0.4, 0.5) is 0 Å². The third-order valence-electron chi connectivity index (χ3n) is 5.50. The van der Waals surface area contributed by atoms with Gasteiger partial charge in [0.2, 0.25) is 0 Å². The number of nitrogens with zero attached hydrogens (tertiary/aromatic N) is 3. The van der Waals surface area contributed by atoms with Crippen LogP contribution in [0.1, 0.15) is 45.7 Å². The van der Waals surface area contributed by atoms with E-state index < -0.39 is 0 Å². The molecule has 0 aliphatic carbocycles. The Morgan fingerprint density at radius 1 is 1.08 bits per heavy atom. The molecule has 4 heteroatoms. The summed E-state index contributed by atoms with van der Waals surface area (Å²) in [6.45, 7) is 11.4. The number of hydrogen-bond donors (Lipinski definition) is 0. The minimum atomic E-state index is -0.228. The van der Waals surface area contributed by atoms with Crippen molar-refractivity contribution in [1.82, 2.24) is 14.5 Å². The summed E-state index contributed by atoms with van der Waals surface area (Å²) in [7, 11) is 0. The first-order chi connectivity index (χ1) is 12.3. The van der Waals surface area contributed by atoms with Crippen LogP contribution in [0, 0.1) is 5.41 Å². The van der Waals surface area contributed by atoms with Crippen LogP contribution in [0.3, 0.4) is 0 Å². The van der Waals surface area contributed by atoms with Crippen molar-refractivity contribution in [1.29, 1.82) is 0 Å². The molecule has 0 radical (unpaired) electrons. The summed E-state index contributed by atoms with van der Waals surface area (Å²) >= 11 is 0. The van der Waals surface area contributed by atoms with Crippen LogP contribution in [0.15, 0.2) is 41.5 Å². The van der Waals surface area contributed by atoms with Crippen LogP contribution < -0.4 is 0 Å². The van der Waals surface area contributed by atoms with Crippen molar-refractivity contribution < 1.29 is 4.42 Å². The van der Waals surface area contributed by atoms with E-state index in [0.717, 1.165) is 28.7 Å². The fourth-order valence-corrected chi connectivity index (χ4v) is 4.49. The van der Waals surface area contributed by atoms with Crippen LogP contribution in [0.25, 0.3) is 33.2 Å². The maximum atomic E-state index is 5.58. The third kappa shape index (κ3) is 1.90. The van der Waals surface area contributed by atoms with Gasteiger partial charge < -0.3 is 8.98 Å². The second-order valence-corrected chi connectivity index (χ2v) is 9.06. The van der Waals surface area contributed by atoms with Gasteiger partial charge in [0, 0.05) is 16.5 Å². The smallest absolute Gasteiger partial charge is 0.116 e. The summed E-state index contributed by atoms with van der Waals surface area (Å²) in [5.74, 6) is 0. The SMILES string of the molecule is CC(C)(C)Cc1cccc2c3ncnc4c3n(c12)C(C)(C)c1cocc1-4. The van der Waals surface area contributed by atoms with Gasteiger partial charge in [-0.2, -0.15) is 0 Å². The minimum absolute atomic E-state index is 0.207. The van der Waals surface area contributed by atoms with Gasteiger partial charge in [0.1, 0.15) is 23.8 Å². The zero-order chi connectivity index (χ0) is 18.3. The van der Waals surface area contributed by atoms with Crippen molar-refractivity contribution in [3.63, 3.8) is 0 Å². The van der Waals surface area contributed by atoms with Gasteiger partial charge >= 0.3 is 0 Å². The van der Waals surface area contributed by atoms with Gasteiger partial charge in [0.25, 0.3) is 0 Å². The molecule has 1 aliphatic rings. The molecule has 0 fully saturated rings. The average molecular weight is 345 g/mol. The fraction of sp³-hybridized carbons (Fsp3) is 0.364. The summed E-state index contributed by atoms with van der Waals surface area (Å²) in [5, 5.41) is 1.21. The molecular weight excluding hydrogens is 322 g/mol. The number of fused-ring (bicyclic) bond motifs is 5. The Kier molecular flexibility index (Phi) is 2.86. The van der Waals surface area contributed by atoms with Gasteiger partial charge in [-0.05, 0) is 31.2 Å². The Hall–Kier alpha value is -2.62. The maximum absolute atomic E-state index is 5.58. The molecule has 0 amide bonds. The van der Waals surface area contributed by atoms with Crippen LogP contribution in [0.2, 0.25) is 0 Å². The van der Waals surface area contributed by atoms with Gasteiger partial charge in [-0.25, -0.2) is 9.97 Å². The monoisotopic (exact) mass is 345 g/mol. The molecule has 132 valence electrons. The van der Waals surface area contributed by atoms with Crippen LogP contribution in [-0.4, -0.2) is 14.5 Å². The Morgan fingerprint density at radius 3 is 2.65 bits per heavy atom. The summed E-state index contributed by atoms with van der Waals surface area (Å²) in [5.41, 5.74) is 7.98. The van der Waals surface area contributed by atoms with Crippen molar-refractivity contribution in [2.24, 2.45) is 5.41 Å². The molecular formula is C22H23N3O.